The van der Waals surface area contributed by atoms with Crippen LogP contribution in [0.5, 0.6) is 11.6 Å². The Labute approximate surface area is 113 Å². The molecule has 0 amide bonds. The van der Waals surface area contributed by atoms with Crippen LogP contribution >= 0.6 is 11.6 Å². The van der Waals surface area contributed by atoms with Gasteiger partial charge in [-0.1, -0.05) is 23.7 Å². The van der Waals surface area contributed by atoms with Crippen molar-refractivity contribution in [1.82, 2.24) is 19.9 Å². The van der Waals surface area contributed by atoms with E-state index in [0.717, 1.165) is 0 Å². The second-order valence-electron chi connectivity index (χ2n) is 3.74. The fourth-order valence-electron chi connectivity index (χ4n) is 1.62. The van der Waals surface area contributed by atoms with E-state index in [1.807, 2.05) is 12.1 Å². The third-order valence-electron chi connectivity index (χ3n) is 2.52. The molecule has 0 aliphatic heterocycles. The first-order valence-corrected chi connectivity index (χ1v) is 5.97. The van der Waals surface area contributed by atoms with Gasteiger partial charge in [0.25, 0.3) is 5.88 Å². The number of nitrogens with one attached hydrogen (secondary N) is 2. The molecule has 3 aromatic rings. The van der Waals surface area contributed by atoms with E-state index in [4.69, 9.17) is 16.3 Å². The molecule has 0 saturated heterocycles. The summed E-state index contributed by atoms with van der Waals surface area (Å²) in [5.74, 6) is 1.34. The average Bonchev–Trinajstić information content (AvgIpc) is 2.89. The number of ether oxygens (including phenoxy) is 1. The van der Waals surface area contributed by atoms with Gasteiger partial charge in [-0.25, -0.2) is 4.98 Å². The number of para-hydroxylation sites is 1. The highest BCUT2D eigenvalue weighted by Crippen LogP contribution is 2.31. The van der Waals surface area contributed by atoms with E-state index in [1.165, 1.54) is 6.33 Å². The number of aromatic nitrogens is 4. The SMILES string of the molecule is CNc1nc(Oc2ccccc2Cl)c2[nH]cnc2n1. The molecule has 19 heavy (non-hydrogen) atoms. The number of nitrogens with zero attached hydrogens (tertiary/aromatic N) is 3. The number of fused-ring (bicyclic) bond motifs is 1. The van der Waals surface area contributed by atoms with Crippen molar-refractivity contribution in [3.63, 3.8) is 0 Å². The summed E-state index contributed by atoms with van der Waals surface area (Å²) in [6.45, 7) is 0. The largest absolute Gasteiger partial charge is 0.435 e. The fourth-order valence-corrected chi connectivity index (χ4v) is 1.80. The van der Waals surface area contributed by atoms with E-state index < -0.39 is 0 Å². The lowest BCUT2D eigenvalue weighted by Crippen LogP contribution is -1.99. The van der Waals surface area contributed by atoms with Gasteiger partial charge in [-0.2, -0.15) is 9.97 Å². The van der Waals surface area contributed by atoms with Crippen LogP contribution in [0.15, 0.2) is 30.6 Å². The van der Waals surface area contributed by atoms with E-state index in [9.17, 15) is 0 Å². The quantitative estimate of drug-likeness (QED) is 0.769. The molecule has 0 unspecified atom stereocenters. The van der Waals surface area contributed by atoms with Gasteiger partial charge in [0, 0.05) is 7.05 Å². The Morgan fingerprint density at radius 3 is 2.89 bits per heavy atom. The molecule has 0 aliphatic carbocycles. The number of rotatable bonds is 3. The molecular formula is C12H10ClN5O. The highest BCUT2D eigenvalue weighted by molar-refractivity contribution is 6.32. The van der Waals surface area contributed by atoms with Crippen LogP contribution in [-0.4, -0.2) is 27.0 Å². The highest BCUT2D eigenvalue weighted by Gasteiger charge is 2.12. The lowest BCUT2D eigenvalue weighted by molar-refractivity contribution is 0.468. The maximum Gasteiger partial charge on any atom is 0.250 e. The molecule has 1 aromatic carbocycles. The van der Waals surface area contributed by atoms with Gasteiger partial charge in [0.15, 0.2) is 5.65 Å². The molecule has 2 heterocycles. The van der Waals surface area contributed by atoms with E-state index >= 15 is 0 Å². The van der Waals surface area contributed by atoms with Crippen LogP contribution in [0.4, 0.5) is 5.95 Å². The molecule has 0 fully saturated rings. The molecule has 3 rings (SSSR count). The summed E-state index contributed by atoms with van der Waals surface area (Å²) < 4.78 is 5.73. The molecule has 6 nitrogen and oxygen atoms in total. The zero-order valence-corrected chi connectivity index (χ0v) is 10.8. The van der Waals surface area contributed by atoms with Gasteiger partial charge in [0.05, 0.1) is 11.3 Å². The van der Waals surface area contributed by atoms with Gasteiger partial charge in [-0.3, -0.25) is 0 Å². The molecule has 0 spiro atoms. The van der Waals surface area contributed by atoms with Crippen molar-refractivity contribution in [3.8, 4) is 11.6 Å². The minimum atomic E-state index is 0.375. The molecule has 0 atom stereocenters. The van der Waals surface area contributed by atoms with Crippen molar-refractivity contribution in [2.45, 2.75) is 0 Å². The first-order chi connectivity index (χ1) is 9.28. The molecule has 2 N–H and O–H groups in total. The Balaban J connectivity index is 2.09. The number of hydrogen-bond donors (Lipinski definition) is 2. The summed E-state index contributed by atoms with van der Waals surface area (Å²) in [6, 6.07) is 7.19. The Morgan fingerprint density at radius 2 is 2.11 bits per heavy atom. The van der Waals surface area contributed by atoms with Gasteiger partial charge in [-0.05, 0) is 12.1 Å². The number of hydrogen-bond acceptors (Lipinski definition) is 5. The van der Waals surface area contributed by atoms with E-state index in [1.54, 1.807) is 19.2 Å². The van der Waals surface area contributed by atoms with Crippen LogP contribution in [0, 0.1) is 0 Å². The van der Waals surface area contributed by atoms with Gasteiger partial charge in [-0.15, -0.1) is 0 Å². The van der Waals surface area contributed by atoms with Gasteiger partial charge < -0.3 is 15.0 Å². The minimum absolute atomic E-state index is 0.375. The highest BCUT2D eigenvalue weighted by atomic mass is 35.5. The van der Waals surface area contributed by atoms with Gasteiger partial charge in [0.2, 0.25) is 5.95 Å². The van der Waals surface area contributed by atoms with Crippen LogP contribution in [0.1, 0.15) is 0 Å². The maximum absolute atomic E-state index is 6.06. The summed E-state index contributed by atoms with van der Waals surface area (Å²) in [4.78, 5) is 15.5. The van der Waals surface area contributed by atoms with Crippen molar-refractivity contribution < 1.29 is 4.74 Å². The average molecular weight is 276 g/mol. The predicted octanol–water partition coefficient (Wildman–Crippen LogP) is 2.84. The Kier molecular flexibility index (Phi) is 2.92. The first-order valence-electron chi connectivity index (χ1n) is 5.59. The standard InChI is InChI=1S/C12H10ClN5O/c1-14-12-17-10-9(15-6-16-10)11(18-12)19-8-5-3-2-4-7(8)13/h2-6H,1H3,(H2,14,15,16,17,18). The van der Waals surface area contributed by atoms with E-state index in [2.05, 4.69) is 25.3 Å². The number of anilines is 1. The third kappa shape index (κ3) is 2.17. The van der Waals surface area contributed by atoms with Crippen molar-refractivity contribution in [1.29, 1.82) is 0 Å². The monoisotopic (exact) mass is 275 g/mol. The zero-order chi connectivity index (χ0) is 13.2. The Hall–Kier alpha value is -2.34. The topological polar surface area (TPSA) is 75.7 Å². The molecule has 2 aromatic heterocycles. The van der Waals surface area contributed by atoms with Crippen molar-refractivity contribution in [2.24, 2.45) is 0 Å². The maximum atomic E-state index is 6.06. The second-order valence-corrected chi connectivity index (χ2v) is 4.14. The summed E-state index contributed by atoms with van der Waals surface area (Å²) >= 11 is 6.06. The van der Waals surface area contributed by atoms with Crippen LogP contribution in [-0.2, 0) is 0 Å². The molecule has 0 aliphatic rings. The normalized spacial score (nSPS) is 10.6. The Bertz CT molecular complexity index is 727. The molecular weight excluding hydrogens is 266 g/mol. The molecule has 0 bridgehead atoms. The molecule has 0 radical (unpaired) electrons. The number of halogens is 1. The number of benzene rings is 1. The zero-order valence-electron chi connectivity index (χ0n) is 10.0. The summed E-state index contributed by atoms with van der Waals surface area (Å²) in [7, 11) is 1.73. The number of H-pyrrole nitrogens is 1. The van der Waals surface area contributed by atoms with Crippen LogP contribution in [0.2, 0.25) is 5.02 Å². The first kappa shape index (κ1) is 11.7. The fraction of sp³-hybridized carbons (Fsp3) is 0.0833. The van der Waals surface area contributed by atoms with Gasteiger partial charge >= 0.3 is 0 Å². The lowest BCUT2D eigenvalue weighted by Gasteiger charge is -2.08. The van der Waals surface area contributed by atoms with Crippen molar-refractivity contribution >= 4 is 28.7 Å². The summed E-state index contributed by atoms with van der Waals surface area (Å²) in [5.41, 5.74) is 1.15. The number of imidazole rings is 1. The summed E-state index contributed by atoms with van der Waals surface area (Å²) in [6.07, 6.45) is 1.54. The van der Waals surface area contributed by atoms with Crippen molar-refractivity contribution in [3.05, 3.63) is 35.6 Å². The smallest absolute Gasteiger partial charge is 0.250 e. The second kappa shape index (κ2) is 4.74. The van der Waals surface area contributed by atoms with Crippen LogP contribution in [0.3, 0.4) is 0 Å². The predicted molar refractivity (Wildman–Crippen MR) is 72.8 cm³/mol. The third-order valence-corrected chi connectivity index (χ3v) is 2.83. The van der Waals surface area contributed by atoms with E-state index in [0.29, 0.717) is 33.8 Å². The lowest BCUT2D eigenvalue weighted by atomic mass is 10.3. The minimum Gasteiger partial charge on any atom is -0.435 e. The van der Waals surface area contributed by atoms with Crippen LogP contribution in [0.25, 0.3) is 11.2 Å². The van der Waals surface area contributed by atoms with Gasteiger partial charge in [0.1, 0.15) is 11.3 Å². The molecule has 7 heteroatoms. The van der Waals surface area contributed by atoms with Crippen molar-refractivity contribution in [2.75, 3.05) is 12.4 Å². The van der Waals surface area contributed by atoms with Crippen LogP contribution < -0.4 is 10.1 Å². The molecule has 0 saturated carbocycles. The Morgan fingerprint density at radius 1 is 1.26 bits per heavy atom. The summed E-state index contributed by atoms with van der Waals surface area (Å²) in [5, 5.41) is 3.37. The molecule has 96 valence electrons. The number of aromatic amines is 1. The van der Waals surface area contributed by atoms with E-state index in [-0.39, 0.29) is 0 Å².